The molecule has 0 fully saturated rings. The number of rotatable bonds is 2. The molecular formula is C15H10FNO4S. The summed E-state index contributed by atoms with van der Waals surface area (Å²) in [6, 6.07) is 9.82. The van der Waals surface area contributed by atoms with E-state index in [1.54, 1.807) is 0 Å². The lowest BCUT2D eigenvalue weighted by molar-refractivity contribution is 0.203. The number of sulfone groups is 1. The quantitative estimate of drug-likeness (QED) is 0.918. The van der Waals surface area contributed by atoms with Crippen LogP contribution in [0.3, 0.4) is 0 Å². The fourth-order valence-corrected chi connectivity index (χ4v) is 4.03. The monoisotopic (exact) mass is 319 g/mol. The van der Waals surface area contributed by atoms with Crippen LogP contribution in [0.1, 0.15) is 17.2 Å². The van der Waals surface area contributed by atoms with Crippen LogP contribution in [0.4, 0.5) is 4.39 Å². The van der Waals surface area contributed by atoms with E-state index in [1.807, 2.05) is 6.07 Å². The zero-order chi connectivity index (χ0) is 15.9. The smallest absolute Gasteiger partial charge is 0.181 e. The Labute approximate surface area is 126 Å². The number of benzene rings is 2. The first kappa shape index (κ1) is 14.5. The topological polar surface area (TPSA) is 87.4 Å². The van der Waals surface area contributed by atoms with Crippen molar-refractivity contribution in [3.05, 3.63) is 53.3 Å². The molecule has 5 nitrogen and oxygen atoms in total. The summed E-state index contributed by atoms with van der Waals surface area (Å²) in [5, 5.41) is 19.2. The van der Waals surface area contributed by atoms with E-state index in [4.69, 9.17) is 4.74 Å². The van der Waals surface area contributed by atoms with Crippen molar-refractivity contribution in [2.45, 2.75) is 11.0 Å². The summed E-state index contributed by atoms with van der Waals surface area (Å²) in [6.07, 6.45) is -1.27. The second-order valence-electron chi connectivity index (χ2n) is 4.82. The molecule has 2 aromatic carbocycles. The molecule has 1 N–H and O–H groups in total. The predicted molar refractivity (Wildman–Crippen MR) is 74.6 cm³/mol. The third-order valence-electron chi connectivity index (χ3n) is 3.35. The number of aliphatic hydroxyl groups excluding tert-OH is 1. The van der Waals surface area contributed by atoms with Gasteiger partial charge in [-0.3, -0.25) is 0 Å². The minimum atomic E-state index is -3.60. The second-order valence-corrected chi connectivity index (χ2v) is 6.82. The Morgan fingerprint density at radius 2 is 2.09 bits per heavy atom. The summed E-state index contributed by atoms with van der Waals surface area (Å²) in [4.78, 5) is -0.0665. The van der Waals surface area contributed by atoms with Crippen molar-refractivity contribution in [2.24, 2.45) is 0 Å². The van der Waals surface area contributed by atoms with Crippen LogP contribution >= 0.6 is 0 Å². The molecule has 0 amide bonds. The molecule has 0 aromatic heterocycles. The first-order valence-electron chi connectivity index (χ1n) is 6.33. The van der Waals surface area contributed by atoms with Crippen LogP contribution < -0.4 is 4.74 Å². The Hall–Kier alpha value is -2.43. The van der Waals surface area contributed by atoms with E-state index in [9.17, 15) is 23.2 Å². The number of hydrogen-bond acceptors (Lipinski definition) is 5. The highest BCUT2D eigenvalue weighted by molar-refractivity contribution is 7.91. The number of aliphatic hydroxyl groups is 1. The van der Waals surface area contributed by atoms with Crippen molar-refractivity contribution in [2.75, 3.05) is 5.75 Å². The Balaban J connectivity index is 2.12. The van der Waals surface area contributed by atoms with Crippen LogP contribution in [-0.4, -0.2) is 19.3 Å². The van der Waals surface area contributed by atoms with E-state index in [2.05, 4.69) is 0 Å². The highest BCUT2D eigenvalue weighted by atomic mass is 32.2. The van der Waals surface area contributed by atoms with E-state index in [-0.39, 0.29) is 27.5 Å². The third-order valence-corrected chi connectivity index (χ3v) is 5.13. The minimum absolute atomic E-state index is 0.0383. The zero-order valence-corrected chi connectivity index (χ0v) is 12.0. The van der Waals surface area contributed by atoms with Gasteiger partial charge >= 0.3 is 0 Å². The molecule has 1 aliphatic rings. The van der Waals surface area contributed by atoms with Gasteiger partial charge in [-0.25, -0.2) is 12.8 Å². The number of hydrogen-bond donors (Lipinski definition) is 1. The summed E-state index contributed by atoms with van der Waals surface area (Å²) in [7, 11) is -3.60. The van der Waals surface area contributed by atoms with Crippen LogP contribution in [0.5, 0.6) is 11.5 Å². The van der Waals surface area contributed by atoms with Gasteiger partial charge in [-0.15, -0.1) is 0 Å². The van der Waals surface area contributed by atoms with Crippen molar-refractivity contribution >= 4 is 9.84 Å². The number of nitrogens with zero attached hydrogens (tertiary/aromatic N) is 1. The lowest BCUT2D eigenvalue weighted by Gasteiger charge is -2.11. The molecule has 22 heavy (non-hydrogen) atoms. The summed E-state index contributed by atoms with van der Waals surface area (Å²) in [6.45, 7) is 0. The second kappa shape index (κ2) is 5.09. The molecule has 1 heterocycles. The maximum Gasteiger partial charge on any atom is 0.181 e. The van der Waals surface area contributed by atoms with Gasteiger partial charge in [0, 0.05) is 11.6 Å². The Bertz CT molecular complexity index is 902. The molecule has 0 radical (unpaired) electrons. The molecule has 1 aliphatic heterocycles. The van der Waals surface area contributed by atoms with E-state index < -0.39 is 27.5 Å². The van der Waals surface area contributed by atoms with Gasteiger partial charge in [0.1, 0.15) is 28.9 Å². The maximum atomic E-state index is 13.2. The van der Waals surface area contributed by atoms with Gasteiger partial charge in [-0.1, -0.05) is 6.07 Å². The first-order valence-corrected chi connectivity index (χ1v) is 7.99. The van der Waals surface area contributed by atoms with Gasteiger partial charge in [-0.2, -0.15) is 5.26 Å². The highest BCUT2D eigenvalue weighted by Gasteiger charge is 2.37. The van der Waals surface area contributed by atoms with Crippen molar-refractivity contribution < 1.29 is 22.7 Å². The zero-order valence-electron chi connectivity index (χ0n) is 11.2. The summed E-state index contributed by atoms with van der Waals surface area (Å²) in [5.74, 6) is -0.713. The molecule has 0 saturated heterocycles. The molecular weight excluding hydrogens is 309 g/mol. The minimum Gasteiger partial charge on any atom is -0.456 e. The van der Waals surface area contributed by atoms with Crippen LogP contribution in [-0.2, 0) is 9.84 Å². The molecule has 0 bridgehead atoms. The average molecular weight is 319 g/mol. The molecule has 112 valence electrons. The SMILES string of the molecule is N#Cc1c(Oc2cccc(F)c2)ccc2c1C(O)CS2(=O)=O. The van der Waals surface area contributed by atoms with Gasteiger partial charge in [0.05, 0.1) is 16.8 Å². The summed E-state index contributed by atoms with van der Waals surface area (Å²) < 4.78 is 42.4. The molecule has 2 aromatic rings. The van der Waals surface area contributed by atoms with Gasteiger partial charge in [0.2, 0.25) is 0 Å². The van der Waals surface area contributed by atoms with Gasteiger partial charge in [0.15, 0.2) is 9.84 Å². The van der Waals surface area contributed by atoms with E-state index in [0.717, 1.165) is 6.07 Å². The van der Waals surface area contributed by atoms with Gasteiger partial charge in [-0.05, 0) is 24.3 Å². The largest absolute Gasteiger partial charge is 0.456 e. The van der Waals surface area contributed by atoms with Crippen LogP contribution in [0.15, 0.2) is 41.3 Å². The lowest BCUT2D eigenvalue weighted by atomic mass is 10.0. The highest BCUT2D eigenvalue weighted by Crippen LogP contribution is 2.40. The van der Waals surface area contributed by atoms with Crippen LogP contribution in [0, 0.1) is 17.1 Å². The van der Waals surface area contributed by atoms with Crippen molar-refractivity contribution in [1.82, 2.24) is 0 Å². The van der Waals surface area contributed by atoms with Gasteiger partial charge < -0.3 is 9.84 Å². The van der Waals surface area contributed by atoms with E-state index in [0.29, 0.717) is 0 Å². The number of ether oxygens (including phenoxy) is 1. The number of fused-ring (bicyclic) bond motifs is 1. The van der Waals surface area contributed by atoms with Crippen molar-refractivity contribution in [3.63, 3.8) is 0 Å². The lowest BCUT2D eigenvalue weighted by Crippen LogP contribution is -2.02. The van der Waals surface area contributed by atoms with E-state index >= 15 is 0 Å². The maximum absolute atomic E-state index is 13.2. The molecule has 7 heteroatoms. The standard InChI is InChI=1S/C15H10FNO4S/c16-9-2-1-3-10(6-9)21-13-4-5-14-15(11(13)7-17)12(18)8-22(14,19)20/h1-6,12,18H,8H2. The van der Waals surface area contributed by atoms with Crippen LogP contribution in [0.25, 0.3) is 0 Å². The number of halogens is 1. The molecule has 3 rings (SSSR count). The van der Waals surface area contributed by atoms with Crippen molar-refractivity contribution in [3.8, 4) is 17.6 Å². The molecule has 0 spiro atoms. The normalized spacial score (nSPS) is 18.5. The van der Waals surface area contributed by atoms with Crippen molar-refractivity contribution in [1.29, 1.82) is 5.26 Å². The third kappa shape index (κ3) is 2.32. The number of nitriles is 1. The first-order chi connectivity index (χ1) is 10.4. The Morgan fingerprint density at radius 3 is 2.77 bits per heavy atom. The Morgan fingerprint density at radius 1 is 1.32 bits per heavy atom. The molecule has 1 unspecified atom stereocenters. The fraction of sp³-hybridized carbons (Fsp3) is 0.133. The van der Waals surface area contributed by atoms with Crippen LogP contribution in [0.2, 0.25) is 0 Å². The van der Waals surface area contributed by atoms with Gasteiger partial charge in [0.25, 0.3) is 0 Å². The summed E-state index contributed by atoms with van der Waals surface area (Å²) >= 11 is 0. The molecule has 0 aliphatic carbocycles. The Kier molecular flexibility index (Phi) is 3.35. The van der Waals surface area contributed by atoms with E-state index in [1.165, 1.54) is 30.3 Å². The molecule has 0 saturated carbocycles. The molecule has 1 atom stereocenters. The average Bonchev–Trinajstić information content (AvgIpc) is 2.68. The summed E-state index contributed by atoms with van der Waals surface area (Å²) in [5.41, 5.74) is -0.0215. The fourth-order valence-electron chi connectivity index (χ4n) is 2.42. The predicted octanol–water partition coefficient (Wildman–Crippen LogP) is 2.31.